The first-order chi connectivity index (χ1) is 10.7. The first-order valence-corrected chi connectivity index (χ1v) is 9.24. The molecule has 1 N–H and O–H groups in total. The summed E-state index contributed by atoms with van der Waals surface area (Å²) in [5, 5.41) is 10.6. The van der Waals surface area contributed by atoms with Gasteiger partial charge in [-0.2, -0.15) is 0 Å². The van der Waals surface area contributed by atoms with Gasteiger partial charge in [-0.3, -0.25) is 0 Å². The Morgan fingerprint density at radius 3 is 2.22 bits per heavy atom. The Kier molecular flexibility index (Phi) is 5.48. The summed E-state index contributed by atoms with van der Waals surface area (Å²) >= 11 is 0. The maximum Gasteiger partial charge on any atom is 0.0653 e. The number of hydrogen-bond acceptors (Lipinski definition) is 2. The van der Waals surface area contributed by atoms with Gasteiger partial charge in [-0.25, -0.2) is 0 Å². The second-order valence-electron chi connectivity index (χ2n) is 8.81. The van der Waals surface area contributed by atoms with Crippen LogP contribution in [0.2, 0.25) is 0 Å². The normalized spacial score (nSPS) is 43.3. The smallest absolute Gasteiger partial charge is 0.0653 e. The van der Waals surface area contributed by atoms with E-state index >= 15 is 0 Å². The zero-order valence-corrected chi connectivity index (χ0v) is 15.6. The molecule has 3 fully saturated rings. The number of rotatable bonds is 4. The fourth-order valence-electron chi connectivity index (χ4n) is 6.12. The van der Waals surface area contributed by atoms with Gasteiger partial charge in [-0.05, 0) is 67.6 Å². The van der Waals surface area contributed by atoms with Crippen LogP contribution in [0.15, 0.2) is 25.3 Å². The van der Waals surface area contributed by atoms with Crippen molar-refractivity contribution in [2.45, 2.75) is 65.4 Å². The summed E-state index contributed by atoms with van der Waals surface area (Å²) in [4.78, 5) is 0. The summed E-state index contributed by atoms with van der Waals surface area (Å²) in [7, 11) is 0. The second-order valence-corrected chi connectivity index (χ2v) is 8.81. The van der Waals surface area contributed by atoms with Crippen molar-refractivity contribution >= 4 is 0 Å². The Hall–Kier alpha value is -0.600. The van der Waals surface area contributed by atoms with Crippen LogP contribution in [0, 0.1) is 28.6 Å². The molecule has 132 valence electrons. The molecule has 2 bridgehead atoms. The highest BCUT2D eigenvalue weighted by Crippen LogP contribution is 2.73. The van der Waals surface area contributed by atoms with E-state index in [1.54, 1.807) is 12.2 Å². The van der Waals surface area contributed by atoms with Gasteiger partial charge in [0.25, 0.3) is 0 Å². The lowest BCUT2D eigenvalue weighted by Crippen LogP contribution is -2.44. The maximum absolute atomic E-state index is 10.6. The van der Waals surface area contributed by atoms with E-state index in [1.807, 2.05) is 0 Å². The van der Waals surface area contributed by atoms with Crippen LogP contribution in [0.25, 0.3) is 0 Å². The SMILES string of the molecule is C=CCOCC=C.C[C@@H]1CC[C@H]2C(C)(C)[C@H]3C[C@@]12CC[C@@]3(C)O. The monoisotopic (exact) mass is 320 g/mol. The Labute approximate surface area is 143 Å². The van der Waals surface area contributed by atoms with Crippen molar-refractivity contribution in [3.05, 3.63) is 25.3 Å². The van der Waals surface area contributed by atoms with Crippen molar-refractivity contribution in [1.29, 1.82) is 0 Å². The van der Waals surface area contributed by atoms with Gasteiger partial charge in [-0.15, -0.1) is 13.2 Å². The highest BCUT2D eigenvalue weighted by atomic mass is 16.5. The van der Waals surface area contributed by atoms with Crippen molar-refractivity contribution < 1.29 is 9.84 Å². The average Bonchev–Trinajstić information content (AvgIpc) is 2.91. The third kappa shape index (κ3) is 3.17. The van der Waals surface area contributed by atoms with Crippen molar-refractivity contribution in [3.8, 4) is 0 Å². The third-order valence-electron chi connectivity index (χ3n) is 7.26. The molecule has 0 aliphatic heterocycles. The number of fused-ring (bicyclic) bond motifs is 1. The van der Waals surface area contributed by atoms with E-state index in [0.717, 1.165) is 18.3 Å². The molecular weight excluding hydrogens is 284 g/mol. The van der Waals surface area contributed by atoms with Crippen LogP contribution in [0.4, 0.5) is 0 Å². The van der Waals surface area contributed by atoms with E-state index in [0.29, 0.717) is 30.0 Å². The number of hydrogen-bond donors (Lipinski definition) is 1. The highest BCUT2D eigenvalue weighted by Gasteiger charge is 2.67. The minimum atomic E-state index is -0.404. The van der Waals surface area contributed by atoms with Crippen molar-refractivity contribution in [3.63, 3.8) is 0 Å². The minimum Gasteiger partial charge on any atom is -0.390 e. The standard InChI is InChI=1S/C15H26O.C6H10O/c1-10-5-6-11-13(2,3)12-9-15(10,11)8-7-14(12,4)16;1-3-5-7-6-4-2/h10-12,16H,5-9H2,1-4H3;3-4H,1-2,5-6H2/t10-,11+,12-,14-,15+;/m1./s1. The Bertz CT molecular complexity index is 425. The van der Waals surface area contributed by atoms with E-state index in [1.165, 1.54) is 25.7 Å². The molecule has 0 aromatic rings. The molecule has 5 atom stereocenters. The minimum absolute atomic E-state index is 0.352. The fourth-order valence-corrected chi connectivity index (χ4v) is 6.12. The van der Waals surface area contributed by atoms with Gasteiger partial charge in [0.1, 0.15) is 0 Å². The summed E-state index contributed by atoms with van der Waals surface area (Å²) < 4.78 is 4.90. The molecule has 2 heteroatoms. The fraction of sp³-hybridized carbons (Fsp3) is 0.810. The van der Waals surface area contributed by atoms with Crippen molar-refractivity contribution in [1.82, 2.24) is 0 Å². The van der Waals surface area contributed by atoms with E-state index < -0.39 is 5.60 Å². The lowest BCUT2D eigenvalue weighted by atomic mass is 9.64. The van der Waals surface area contributed by atoms with E-state index in [9.17, 15) is 5.11 Å². The molecule has 2 nitrogen and oxygen atoms in total. The summed E-state index contributed by atoms with van der Waals surface area (Å²) in [6.07, 6.45) is 9.84. The first-order valence-electron chi connectivity index (χ1n) is 9.24. The van der Waals surface area contributed by atoms with E-state index in [-0.39, 0.29) is 0 Å². The molecule has 3 aliphatic rings. The van der Waals surface area contributed by atoms with Crippen molar-refractivity contribution in [2.75, 3.05) is 13.2 Å². The van der Waals surface area contributed by atoms with Crippen LogP contribution in [-0.2, 0) is 4.74 Å². The zero-order valence-electron chi connectivity index (χ0n) is 15.6. The van der Waals surface area contributed by atoms with Crippen LogP contribution >= 0.6 is 0 Å². The molecule has 0 heterocycles. The molecule has 0 amide bonds. The molecule has 23 heavy (non-hydrogen) atoms. The summed E-state index contributed by atoms with van der Waals surface area (Å²) in [6, 6.07) is 0. The average molecular weight is 321 g/mol. The predicted molar refractivity (Wildman–Crippen MR) is 97.3 cm³/mol. The van der Waals surface area contributed by atoms with Gasteiger partial charge in [0.2, 0.25) is 0 Å². The Morgan fingerprint density at radius 2 is 1.65 bits per heavy atom. The van der Waals surface area contributed by atoms with Gasteiger partial charge in [-0.1, -0.05) is 32.9 Å². The largest absolute Gasteiger partial charge is 0.390 e. The second kappa shape index (κ2) is 6.72. The molecule has 1 spiro atoms. The quantitative estimate of drug-likeness (QED) is 0.584. The summed E-state index contributed by atoms with van der Waals surface area (Å²) in [5.41, 5.74) is 0.542. The van der Waals surface area contributed by atoms with Gasteiger partial charge >= 0.3 is 0 Å². The highest BCUT2D eigenvalue weighted by molar-refractivity contribution is 5.16. The van der Waals surface area contributed by atoms with Crippen molar-refractivity contribution in [2.24, 2.45) is 28.6 Å². The molecular formula is C21H36O2. The van der Waals surface area contributed by atoms with E-state index in [4.69, 9.17) is 4.74 Å². The Balaban J connectivity index is 0.000000236. The van der Waals surface area contributed by atoms with Crippen LogP contribution in [0.3, 0.4) is 0 Å². The molecule has 3 saturated carbocycles. The zero-order chi connectivity index (χ0) is 17.3. The molecule has 0 saturated heterocycles. The molecule has 0 aromatic carbocycles. The molecule has 0 unspecified atom stereocenters. The molecule has 0 radical (unpaired) electrons. The number of aliphatic hydroxyl groups is 1. The van der Waals surface area contributed by atoms with Crippen LogP contribution in [-0.4, -0.2) is 23.9 Å². The molecule has 0 aromatic heterocycles. The van der Waals surface area contributed by atoms with Crippen LogP contribution < -0.4 is 0 Å². The van der Waals surface area contributed by atoms with Crippen LogP contribution in [0.5, 0.6) is 0 Å². The first kappa shape index (κ1) is 18.7. The van der Waals surface area contributed by atoms with Gasteiger partial charge < -0.3 is 9.84 Å². The van der Waals surface area contributed by atoms with Gasteiger partial charge in [0, 0.05) is 0 Å². The molecule has 3 rings (SSSR count). The lowest BCUT2D eigenvalue weighted by molar-refractivity contribution is -0.0717. The summed E-state index contributed by atoms with van der Waals surface area (Å²) in [6.45, 7) is 17.6. The maximum atomic E-state index is 10.6. The predicted octanol–water partition coefficient (Wildman–Crippen LogP) is 4.98. The van der Waals surface area contributed by atoms with Crippen LogP contribution in [0.1, 0.15) is 59.8 Å². The van der Waals surface area contributed by atoms with Gasteiger partial charge in [0.05, 0.1) is 18.8 Å². The summed E-state index contributed by atoms with van der Waals surface area (Å²) in [5.74, 6) is 2.29. The topological polar surface area (TPSA) is 29.5 Å². The molecule has 3 aliphatic carbocycles. The lowest BCUT2D eigenvalue weighted by Gasteiger charge is -2.44. The third-order valence-corrected chi connectivity index (χ3v) is 7.26. The number of ether oxygens (including phenoxy) is 1. The van der Waals surface area contributed by atoms with Gasteiger partial charge in [0.15, 0.2) is 0 Å². The van der Waals surface area contributed by atoms with E-state index in [2.05, 4.69) is 40.9 Å². The Morgan fingerprint density at radius 1 is 1.04 bits per heavy atom.